The van der Waals surface area contributed by atoms with Gasteiger partial charge in [0.25, 0.3) is 0 Å². The highest BCUT2D eigenvalue weighted by molar-refractivity contribution is 14.0. The maximum Gasteiger partial charge on any atom is 0.193 e. The third-order valence-electron chi connectivity index (χ3n) is 4.20. The van der Waals surface area contributed by atoms with Crippen molar-refractivity contribution in [1.29, 1.82) is 0 Å². The van der Waals surface area contributed by atoms with Crippen LogP contribution in [-0.4, -0.2) is 75.3 Å². The molecule has 25 heavy (non-hydrogen) atoms. The molecule has 2 heterocycles. The van der Waals surface area contributed by atoms with E-state index >= 15 is 0 Å². The number of aliphatic imine (C=N–C) groups is 1. The summed E-state index contributed by atoms with van der Waals surface area (Å²) in [4.78, 5) is 11.0. The molecular weight excluding hydrogens is 447 g/mol. The molecule has 2 rings (SSSR count). The van der Waals surface area contributed by atoms with Crippen LogP contribution in [0.3, 0.4) is 0 Å². The molecule has 7 heteroatoms. The van der Waals surface area contributed by atoms with Gasteiger partial charge in [-0.2, -0.15) is 0 Å². The lowest BCUT2D eigenvalue weighted by molar-refractivity contribution is 0.0323. The third kappa shape index (κ3) is 8.70. The summed E-state index contributed by atoms with van der Waals surface area (Å²) in [5, 5.41) is 5.56. The standard InChI is InChI=1S/C18H32N4OS.HI/c1-4-19-18(21(3)8-7-17-6-5-13-24-17)20-14-16(2)15-22-9-11-23-12-10-22;/h5-6,13,16H,4,7-12,14-15H2,1-3H3,(H,19,20);1H. The van der Waals surface area contributed by atoms with Crippen molar-refractivity contribution in [1.82, 2.24) is 15.1 Å². The molecular formula is C18H33IN4OS. The van der Waals surface area contributed by atoms with Crippen molar-refractivity contribution >= 4 is 41.3 Å². The van der Waals surface area contributed by atoms with E-state index in [9.17, 15) is 0 Å². The Bertz CT molecular complexity index is 477. The van der Waals surface area contributed by atoms with Gasteiger partial charge in [0.1, 0.15) is 0 Å². The highest BCUT2D eigenvalue weighted by atomic mass is 127. The number of ether oxygens (including phenoxy) is 1. The average molecular weight is 480 g/mol. The number of thiophene rings is 1. The van der Waals surface area contributed by atoms with Crippen molar-refractivity contribution in [3.63, 3.8) is 0 Å². The Hall–Kier alpha value is -0.380. The lowest BCUT2D eigenvalue weighted by atomic mass is 10.1. The Morgan fingerprint density at radius 2 is 2.20 bits per heavy atom. The first-order valence-corrected chi connectivity index (χ1v) is 9.89. The van der Waals surface area contributed by atoms with E-state index in [0.717, 1.165) is 64.9 Å². The van der Waals surface area contributed by atoms with Crippen molar-refractivity contribution < 1.29 is 4.74 Å². The summed E-state index contributed by atoms with van der Waals surface area (Å²) >= 11 is 1.82. The van der Waals surface area contributed by atoms with Gasteiger partial charge in [-0.1, -0.05) is 13.0 Å². The Morgan fingerprint density at radius 3 is 2.84 bits per heavy atom. The molecule has 1 aromatic rings. The monoisotopic (exact) mass is 480 g/mol. The van der Waals surface area contributed by atoms with Crippen molar-refractivity contribution in [3.05, 3.63) is 22.4 Å². The van der Waals surface area contributed by atoms with Crippen LogP contribution in [0.5, 0.6) is 0 Å². The topological polar surface area (TPSA) is 40.1 Å². The first kappa shape index (κ1) is 22.7. The average Bonchev–Trinajstić information content (AvgIpc) is 3.11. The van der Waals surface area contributed by atoms with Crippen LogP contribution in [0.2, 0.25) is 0 Å². The molecule has 0 radical (unpaired) electrons. The molecule has 1 atom stereocenters. The maximum absolute atomic E-state index is 5.42. The second-order valence-electron chi connectivity index (χ2n) is 6.46. The van der Waals surface area contributed by atoms with Crippen LogP contribution >= 0.6 is 35.3 Å². The summed E-state index contributed by atoms with van der Waals surface area (Å²) in [5.41, 5.74) is 0. The van der Waals surface area contributed by atoms with Crippen molar-refractivity contribution in [2.75, 3.05) is 59.5 Å². The summed E-state index contributed by atoms with van der Waals surface area (Å²) in [6, 6.07) is 4.32. The minimum Gasteiger partial charge on any atom is -0.379 e. The number of rotatable bonds is 8. The second kappa shape index (κ2) is 12.9. The lowest BCUT2D eigenvalue weighted by Gasteiger charge is -2.29. The smallest absolute Gasteiger partial charge is 0.193 e. The first-order chi connectivity index (χ1) is 11.7. The van der Waals surface area contributed by atoms with Gasteiger partial charge in [0.15, 0.2) is 5.96 Å². The van der Waals surface area contributed by atoms with Gasteiger partial charge in [0.2, 0.25) is 0 Å². The molecule has 1 saturated heterocycles. The SMILES string of the molecule is CCNC(=NCC(C)CN1CCOCC1)N(C)CCc1cccs1.I. The quantitative estimate of drug-likeness (QED) is 0.353. The number of hydrogen-bond donors (Lipinski definition) is 1. The number of likely N-dealkylation sites (N-methyl/N-ethyl adjacent to an activating group) is 1. The van der Waals surface area contributed by atoms with Gasteiger partial charge in [-0.25, -0.2) is 0 Å². The van der Waals surface area contributed by atoms with E-state index < -0.39 is 0 Å². The van der Waals surface area contributed by atoms with Crippen LogP contribution in [0.15, 0.2) is 22.5 Å². The van der Waals surface area contributed by atoms with E-state index in [-0.39, 0.29) is 24.0 Å². The van der Waals surface area contributed by atoms with E-state index in [0.29, 0.717) is 5.92 Å². The van der Waals surface area contributed by atoms with Crippen LogP contribution in [-0.2, 0) is 11.2 Å². The Kier molecular flexibility index (Phi) is 11.7. The van der Waals surface area contributed by atoms with E-state index in [1.807, 2.05) is 11.3 Å². The highest BCUT2D eigenvalue weighted by Crippen LogP contribution is 2.09. The number of morpholine rings is 1. The van der Waals surface area contributed by atoms with Gasteiger partial charge in [-0.3, -0.25) is 9.89 Å². The van der Waals surface area contributed by atoms with Gasteiger partial charge < -0.3 is 15.0 Å². The summed E-state index contributed by atoms with van der Waals surface area (Å²) in [7, 11) is 2.13. The molecule has 144 valence electrons. The molecule has 1 aliphatic rings. The van der Waals surface area contributed by atoms with Crippen LogP contribution in [0, 0.1) is 5.92 Å². The maximum atomic E-state index is 5.42. The molecule has 0 aromatic carbocycles. The van der Waals surface area contributed by atoms with Crippen molar-refractivity contribution in [2.45, 2.75) is 20.3 Å². The van der Waals surface area contributed by atoms with Gasteiger partial charge in [0.05, 0.1) is 13.2 Å². The van der Waals surface area contributed by atoms with Gasteiger partial charge >= 0.3 is 0 Å². The summed E-state index contributed by atoms with van der Waals surface area (Å²) in [6.45, 7) is 12.1. The summed E-state index contributed by atoms with van der Waals surface area (Å²) in [6.07, 6.45) is 1.07. The van der Waals surface area contributed by atoms with E-state index in [2.05, 4.69) is 53.5 Å². The van der Waals surface area contributed by atoms with Gasteiger partial charge in [-0.05, 0) is 30.7 Å². The number of hydrogen-bond acceptors (Lipinski definition) is 4. The molecule has 0 aliphatic carbocycles. The summed E-state index contributed by atoms with van der Waals surface area (Å²) in [5.74, 6) is 1.57. The molecule has 5 nitrogen and oxygen atoms in total. The molecule has 0 saturated carbocycles. The zero-order valence-corrected chi connectivity index (χ0v) is 18.9. The minimum absolute atomic E-state index is 0. The Morgan fingerprint density at radius 1 is 1.44 bits per heavy atom. The normalized spacial score (nSPS) is 17.0. The van der Waals surface area contributed by atoms with Crippen LogP contribution < -0.4 is 5.32 Å². The fraction of sp³-hybridized carbons (Fsp3) is 0.722. The molecule has 0 spiro atoms. The molecule has 1 N–H and O–H groups in total. The van der Waals surface area contributed by atoms with Gasteiger partial charge in [0, 0.05) is 51.2 Å². The molecule has 0 bridgehead atoms. The Balaban J connectivity index is 0.00000312. The molecule has 1 aromatic heterocycles. The molecule has 1 fully saturated rings. The number of halogens is 1. The zero-order chi connectivity index (χ0) is 17.2. The van der Waals surface area contributed by atoms with E-state index in [4.69, 9.17) is 9.73 Å². The largest absolute Gasteiger partial charge is 0.379 e. The Labute approximate surface area is 173 Å². The van der Waals surface area contributed by atoms with Crippen molar-refractivity contribution in [2.24, 2.45) is 10.9 Å². The second-order valence-corrected chi connectivity index (χ2v) is 7.50. The minimum atomic E-state index is 0. The fourth-order valence-corrected chi connectivity index (χ4v) is 3.53. The van der Waals surface area contributed by atoms with E-state index in [1.165, 1.54) is 4.88 Å². The highest BCUT2D eigenvalue weighted by Gasteiger charge is 2.14. The number of guanidine groups is 1. The third-order valence-corrected chi connectivity index (χ3v) is 5.13. The summed E-state index contributed by atoms with van der Waals surface area (Å²) < 4.78 is 5.42. The lowest BCUT2D eigenvalue weighted by Crippen LogP contribution is -2.41. The first-order valence-electron chi connectivity index (χ1n) is 9.01. The number of nitrogens with zero attached hydrogens (tertiary/aromatic N) is 3. The molecule has 0 amide bonds. The van der Waals surface area contributed by atoms with Crippen LogP contribution in [0.4, 0.5) is 0 Å². The fourth-order valence-electron chi connectivity index (χ4n) is 2.83. The molecule has 1 unspecified atom stereocenters. The van der Waals surface area contributed by atoms with E-state index in [1.54, 1.807) is 0 Å². The predicted octanol–water partition coefficient (Wildman–Crippen LogP) is 2.77. The zero-order valence-electron chi connectivity index (χ0n) is 15.7. The van der Waals surface area contributed by atoms with Crippen LogP contribution in [0.25, 0.3) is 0 Å². The number of nitrogens with one attached hydrogen (secondary N) is 1. The van der Waals surface area contributed by atoms with Crippen molar-refractivity contribution in [3.8, 4) is 0 Å². The predicted molar refractivity (Wildman–Crippen MR) is 118 cm³/mol. The molecule has 1 aliphatic heterocycles. The van der Waals surface area contributed by atoms with Crippen LogP contribution in [0.1, 0.15) is 18.7 Å². The van der Waals surface area contributed by atoms with Gasteiger partial charge in [-0.15, -0.1) is 35.3 Å².